The molecule has 3 rings (SSSR count). The second-order valence-electron chi connectivity index (χ2n) is 7.02. The highest BCUT2D eigenvalue weighted by atomic mass is 32.2. The van der Waals surface area contributed by atoms with Gasteiger partial charge in [0.1, 0.15) is 11.8 Å². The highest BCUT2D eigenvalue weighted by Gasteiger charge is 2.30. The van der Waals surface area contributed by atoms with Gasteiger partial charge in [-0.2, -0.15) is 4.98 Å². The first-order valence-electron chi connectivity index (χ1n) is 9.88. The molecule has 1 N–H and O–H groups in total. The Morgan fingerprint density at radius 3 is 2.48 bits per heavy atom. The summed E-state index contributed by atoms with van der Waals surface area (Å²) in [5.41, 5.74) is 0.490. The summed E-state index contributed by atoms with van der Waals surface area (Å²) >= 11 is 0. The van der Waals surface area contributed by atoms with E-state index in [1.807, 2.05) is 6.92 Å². The summed E-state index contributed by atoms with van der Waals surface area (Å²) in [7, 11) is -3.99. The van der Waals surface area contributed by atoms with E-state index in [4.69, 9.17) is 9.26 Å². The van der Waals surface area contributed by atoms with Gasteiger partial charge in [0.2, 0.25) is 27.6 Å². The fourth-order valence-electron chi connectivity index (χ4n) is 3.05. The fraction of sp³-hybridized carbons (Fsp3) is 0.286. The summed E-state index contributed by atoms with van der Waals surface area (Å²) < 4.78 is 62.6. The minimum absolute atomic E-state index is 0.0955. The molecule has 0 aliphatic rings. The third-order valence-electron chi connectivity index (χ3n) is 4.55. The Morgan fingerprint density at radius 2 is 1.88 bits per heavy atom. The molecule has 9 nitrogen and oxygen atoms in total. The number of hydrogen-bond donors (Lipinski definition) is 1. The molecule has 1 aromatic heterocycles. The van der Waals surface area contributed by atoms with Crippen LogP contribution in [-0.4, -0.2) is 43.4 Å². The lowest BCUT2D eigenvalue weighted by Crippen LogP contribution is -2.47. The molecular formula is C21H22F2N4O5S. The third-order valence-corrected chi connectivity index (χ3v) is 5.79. The maximum atomic E-state index is 13.6. The highest BCUT2D eigenvalue weighted by Crippen LogP contribution is 2.23. The van der Waals surface area contributed by atoms with Crippen LogP contribution in [0.3, 0.4) is 0 Å². The molecule has 0 radical (unpaired) electrons. The Balaban J connectivity index is 1.69. The van der Waals surface area contributed by atoms with Gasteiger partial charge in [-0.15, -0.1) is 0 Å². The number of ether oxygens (including phenoxy) is 1. The van der Waals surface area contributed by atoms with Crippen molar-refractivity contribution in [3.8, 4) is 17.1 Å². The van der Waals surface area contributed by atoms with E-state index in [1.54, 1.807) is 24.3 Å². The molecule has 12 heteroatoms. The summed E-state index contributed by atoms with van der Waals surface area (Å²) in [5, 5.41) is 6.37. The van der Waals surface area contributed by atoms with E-state index in [1.165, 1.54) is 6.92 Å². The first-order valence-corrected chi connectivity index (χ1v) is 11.7. The van der Waals surface area contributed by atoms with Crippen molar-refractivity contribution in [1.29, 1.82) is 0 Å². The van der Waals surface area contributed by atoms with Gasteiger partial charge in [-0.05, 0) is 50.2 Å². The normalized spacial score (nSPS) is 12.3. The average molecular weight is 480 g/mol. The van der Waals surface area contributed by atoms with Gasteiger partial charge in [0.15, 0.2) is 11.6 Å². The molecule has 3 aromatic rings. The van der Waals surface area contributed by atoms with Crippen LogP contribution in [-0.2, 0) is 21.4 Å². The van der Waals surface area contributed by atoms with Gasteiger partial charge in [-0.3, -0.25) is 9.10 Å². The minimum Gasteiger partial charge on any atom is -0.494 e. The van der Waals surface area contributed by atoms with E-state index in [0.29, 0.717) is 34.1 Å². The number of carbonyl (C=O) groups excluding carboxylic acids is 1. The Morgan fingerprint density at radius 1 is 1.18 bits per heavy atom. The van der Waals surface area contributed by atoms with Crippen molar-refractivity contribution in [3.63, 3.8) is 0 Å². The average Bonchev–Trinajstić information content (AvgIpc) is 3.23. The number of sulfonamides is 1. The molecule has 2 aromatic carbocycles. The number of carbonyl (C=O) groups is 1. The second-order valence-corrected chi connectivity index (χ2v) is 8.88. The van der Waals surface area contributed by atoms with Crippen LogP contribution in [0.1, 0.15) is 19.7 Å². The number of benzene rings is 2. The van der Waals surface area contributed by atoms with Crippen molar-refractivity contribution in [2.24, 2.45) is 0 Å². The molecular weight excluding hydrogens is 458 g/mol. The Hall–Kier alpha value is -3.54. The summed E-state index contributed by atoms with van der Waals surface area (Å²) in [4.78, 5) is 16.8. The van der Waals surface area contributed by atoms with Crippen molar-refractivity contribution in [1.82, 2.24) is 15.5 Å². The molecule has 0 saturated heterocycles. The molecule has 0 saturated carbocycles. The molecule has 0 fully saturated rings. The molecule has 1 amide bonds. The summed E-state index contributed by atoms with van der Waals surface area (Å²) in [5.74, 6) is -1.98. The van der Waals surface area contributed by atoms with Gasteiger partial charge in [-0.25, -0.2) is 17.2 Å². The summed E-state index contributed by atoms with van der Waals surface area (Å²) in [6.45, 7) is 3.57. The van der Waals surface area contributed by atoms with Crippen LogP contribution in [0.25, 0.3) is 11.4 Å². The van der Waals surface area contributed by atoms with Crippen LogP contribution < -0.4 is 14.4 Å². The maximum Gasteiger partial charge on any atom is 0.246 e. The zero-order valence-corrected chi connectivity index (χ0v) is 18.9. The van der Waals surface area contributed by atoms with Gasteiger partial charge >= 0.3 is 0 Å². The van der Waals surface area contributed by atoms with Gasteiger partial charge in [0.05, 0.1) is 25.1 Å². The lowest BCUT2D eigenvalue weighted by molar-refractivity contribution is -0.122. The number of anilines is 1. The molecule has 33 heavy (non-hydrogen) atoms. The Kier molecular flexibility index (Phi) is 7.26. The lowest BCUT2D eigenvalue weighted by atomic mass is 10.2. The molecule has 0 spiro atoms. The van der Waals surface area contributed by atoms with Gasteiger partial charge in [-0.1, -0.05) is 5.16 Å². The van der Waals surface area contributed by atoms with Crippen molar-refractivity contribution < 1.29 is 31.3 Å². The monoisotopic (exact) mass is 480 g/mol. The van der Waals surface area contributed by atoms with Crippen LogP contribution >= 0.6 is 0 Å². The van der Waals surface area contributed by atoms with Crippen LogP contribution in [0, 0.1) is 11.6 Å². The minimum atomic E-state index is -3.99. The number of hydrogen-bond acceptors (Lipinski definition) is 7. The van der Waals surface area contributed by atoms with E-state index in [-0.39, 0.29) is 18.1 Å². The zero-order chi connectivity index (χ0) is 24.2. The number of rotatable bonds is 9. The van der Waals surface area contributed by atoms with Crippen LogP contribution in [0.5, 0.6) is 5.75 Å². The third kappa shape index (κ3) is 5.83. The van der Waals surface area contributed by atoms with Crippen LogP contribution in [0.15, 0.2) is 47.0 Å². The summed E-state index contributed by atoms with van der Waals surface area (Å²) in [6.07, 6.45) is 0.860. The highest BCUT2D eigenvalue weighted by molar-refractivity contribution is 7.92. The first-order chi connectivity index (χ1) is 15.6. The van der Waals surface area contributed by atoms with Gasteiger partial charge in [0.25, 0.3) is 0 Å². The molecule has 0 bridgehead atoms. The second kappa shape index (κ2) is 9.94. The van der Waals surface area contributed by atoms with E-state index >= 15 is 0 Å². The number of aromatic nitrogens is 2. The van der Waals surface area contributed by atoms with Gasteiger partial charge < -0.3 is 14.6 Å². The predicted octanol–water partition coefficient (Wildman–Crippen LogP) is 2.88. The molecule has 1 atom stereocenters. The van der Waals surface area contributed by atoms with E-state index in [2.05, 4.69) is 15.5 Å². The van der Waals surface area contributed by atoms with Crippen LogP contribution in [0.2, 0.25) is 0 Å². The van der Waals surface area contributed by atoms with E-state index < -0.39 is 33.6 Å². The SMILES string of the molecule is CCOc1ccc(-c2noc(CNC(=O)[C@H](C)N(c3ccc(F)c(F)c3)S(C)(=O)=O)n2)cc1. The smallest absolute Gasteiger partial charge is 0.246 e. The number of nitrogens with one attached hydrogen (secondary N) is 1. The Bertz CT molecular complexity index is 1230. The predicted molar refractivity (Wildman–Crippen MR) is 116 cm³/mol. The van der Waals surface area contributed by atoms with Crippen molar-refractivity contribution in [3.05, 3.63) is 60.0 Å². The summed E-state index contributed by atoms with van der Waals surface area (Å²) in [6, 6.07) is 8.34. The molecule has 0 unspecified atom stereocenters. The zero-order valence-electron chi connectivity index (χ0n) is 18.1. The lowest BCUT2D eigenvalue weighted by Gasteiger charge is -2.28. The standard InChI is InChI=1S/C21H22F2N4O5S/c1-4-31-16-8-5-14(6-9-16)20-25-19(32-26-20)12-24-21(28)13(2)27(33(3,29)30)15-7-10-17(22)18(23)11-15/h5-11,13H,4,12H2,1-3H3,(H,24,28)/t13-/m0/s1. The largest absolute Gasteiger partial charge is 0.494 e. The quantitative estimate of drug-likeness (QED) is 0.501. The molecule has 0 aliphatic heterocycles. The van der Waals surface area contributed by atoms with Crippen molar-refractivity contribution in [2.45, 2.75) is 26.4 Å². The molecule has 176 valence electrons. The van der Waals surface area contributed by atoms with Crippen molar-refractivity contribution >= 4 is 21.6 Å². The number of amides is 1. The molecule has 1 heterocycles. The van der Waals surface area contributed by atoms with E-state index in [9.17, 15) is 22.0 Å². The first kappa shape index (κ1) is 24.1. The number of nitrogens with zero attached hydrogens (tertiary/aromatic N) is 3. The van der Waals surface area contributed by atoms with Crippen molar-refractivity contribution in [2.75, 3.05) is 17.2 Å². The molecule has 0 aliphatic carbocycles. The van der Waals surface area contributed by atoms with E-state index in [0.717, 1.165) is 18.4 Å². The Labute approximate surface area is 189 Å². The maximum absolute atomic E-state index is 13.6. The van der Waals surface area contributed by atoms with Gasteiger partial charge in [0, 0.05) is 11.6 Å². The topological polar surface area (TPSA) is 115 Å². The number of halogens is 2. The van der Waals surface area contributed by atoms with Crippen LogP contribution in [0.4, 0.5) is 14.5 Å². The fourth-order valence-corrected chi connectivity index (χ4v) is 4.22.